The maximum atomic E-state index is 10.3. The van der Waals surface area contributed by atoms with E-state index in [0.29, 0.717) is 5.56 Å². The van der Waals surface area contributed by atoms with Gasteiger partial charge in [-0.25, -0.2) is 4.79 Å². The van der Waals surface area contributed by atoms with Crippen molar-refractivity contribution in [3.63, 3.8) is 0 Å². The predicted octanol–water partition coefficient (Wildman–Crippen LogP) is 0.885. The van der Waals surface area contributed by atoms with Gasteiger partial charge in [-0.05, 0) is 17.4 Å². The second kappa shape index (κ2) is 2.80. The third kappa shape index (κ3) is 1.55. The molecule has 0 heterocycles. The Morgan fingerprint density at radius 3 is 2.60 bits per heavy atom. The number of carbonyl (C=O) groups is 1. The molecule has 0 amide bonds. The maximum absolute atomic E-state index is 10.3. The van der Waals surface area contributed by atoms with Gasteiger partial charge in [-0.15, -0.1) is 9.24 Å². The van der Waals surface area contributed by atoms with Crippen LogP contribution in [0.2, 0.25) is 0 Å². The zero-order chi connectivity index (χ0) is 7.56. The maximum Gasteiger partial charge on any atom is 0.335 e. The molecule has 0 saturated heterocycles. The van der Waals surface area contributed by atoms with Crippen molar-refractivity contribution in [2.75, 3.05) is 0 Å². The molecule has 1 unspecified atom stereocenters. The van der Waals surface area contributed by atoms with Gasteiger partial charge in [0.15, 0.2) is 0 Å². The molecule has 0 aromatic heterocycles. The smallest absolute Gasteiger partial charge is 0.335 e. The first-order valence-electron chi connectivity index (χ1n) is 2.79. The second-order valence-corrected chi connectivity index (χ2v) is 2.60. The molecule has 52 valence electrons. The molecule has 1 N–H and O–H groups in total. The first-order chi connectivity index (χ1) is 4.70. The summed E-state index contributed by atoms with van der Waals surface area (Å²) in [5.41, 5.74) is 0.326. The van der Waals surface area contributed by atoms with E-state index in [4.69, 9.17) is 5.11 Å². The van der Waals surface area contributed by atoms with E-state index in [2.05, 4.69) is 9.24 Å². The van der Waals surface area contributed by atoms with Gasteiger partial charge in [0.05, 0.1) is 5.56 Å². The van der Waals surface area contributed by atoms with E-state index in [1.54, 1.807) is 18.2 Å². The average Bonchev–Trinajstić information content (AvgIpc) is 1.88. The summed E-state index contributed by atoms with van der Waals surface area (Å²) in [6, 6.07) is 6.71. The molecule has 1 atom stereocenters. The Bertz CT molecular complexity index is 258. The second-order valence-electron chi connectivity index (χ2n) is 1.93. The van der Waals surface area contributed by atoms with Crippen LogP contribution in [0.4, 0.5) is 0 Å². The summed E-state index contributed by atoms with van der Waals surface area (Å²) >= 11 is 0. The van der Waals surface area contributed by atoms with Gasteiger partial charge in [-0.3, -0.25) is 0 Å². The molecule has 0 fully saturated rings. The summed E-state index contributed by atoms with van der Waals surface area (Å²) in [5.74, 6) is -0.885. The quantitative estimate of drug-likeness (QED) is 0.610. The van der Waals surface area contributed by atoms with Gasteiger partial charge in [0.1, 0.15) is 0 Å². The summed E-state index contributed by atoms with van der Waals surface area (Å²) in [7, 11) is 2.45. The molecule has 1 aromatic carbocycles. The van der Waals surface area contributed by atoms with E-state index in [0.717, 1.165) is 5.30 Å². The highest BCUT2D eigenvalue weighted by atomic mass is 31.0. The van der Waals surface area contributed by atoms with Crippen LogP contribution in [-0.4, -0.2) is 11.1 Å². The summed E-state index contributed by atoms with van der Waals surface area (Å²) in [4.78, 5) is 10.3. The lowest BCUT2D eigenvalue weighted by Gasteiger charge is -1.93. The lowest BCUT2D eigenvalue weighted by Crippen LogP contribution is -1.99. The fraction of sp³-hybridized carbons (Fsp3) is 0. The number of aromatic carboxylic acids is 1. The number of benzene rings is 1. The van der Waals surface area contributed by atoms with Crippen LogP contribution in [0.15, 0.2) is 24.3 Å². The van der Waals surface area contributed by atoms with Crippen molar-refractivity contribution >= 4 is 20.5 Å². The number of rotatable bonds is 1. The van der Waals surface area contributed by atoms with Gasteiger partial charge in [-0.1, -0.05) is 12.1 Å². The van der Waals surface area contributed by atoms with Crippen LogP contribution in [-0.2, 0) is 0 Å². The minimum Gasteiger partial charge on any atom is -0.478 e. The van der Waals surface area contributed by atoms with Crippen LogP contribution in [0.5, 0.6) is 0 Å². The molecule has 0 saturated carbocycles. The lowest BCUT2D eigenvalue weighted by atomic mass is 10.2. The molecular formula is C7H7O2P. The summed E-state index contributed by atoms with van der Waals surface area (Å²) in [5, 5.41) is 9.39. The third-order valence-electron chi connectivity index (χ3n) is 1.13. The van der Waals surface area contributed by atoms with Crippen molar-refractivity contribution in [3.05, 3.63) is 29.8 Å². The fourth-order valence-corrected chi connectivity index (χ4v) is 0.962. The minimum absolute atomic E-state index is 0.326. The van der Waals surface area contributed by atoms with Gasteiger partial charge in [0.2, 0.25) is 0 Å². The molecule has 3 heteroatoms. The van der Waals surface area contributed by atoms with Gasteiger partial charge in [0.25, 0.3) is 0 Å². The van der Waals surface area contributed by atoms with Gasteiger partial charge in [0, 0.05) is 0 Å². The Kier molecular flexibility index (Phi) is 2.03. The summed E-state index contributed by atoms with van der Waals surface area (Å²) < 4.78 is 0. The fourth-order valence-electron chi connectivity index (χ4n) is 0.672. The Morgan fingerprint density at radius 2 is 2.20 bits per heavy atom. The normalized spacial score (nSPS) is 9.30. The molecule has 10 heavy (non-hydrogen) atoms. The first-order valence-corrected chi connectivity index (χ1v) is 3.37. The van der Waals surface area contributed by atoms with E-state index in [-0.39, 0.29) is 0 Å². The molecule has 0 aliphatic heterocycles. The van der Waals surface area contributed by atoms with Crippen molar-refractivity contribution in [2.45, 2.75) is 0 Å². The summed E-state index contributed by atoms with van der Waals surface area (Å²) in [6.07, 6.45) is 0. The molecule has 1 rings (SSSR count). The average molecular weight is 154 g/mol. The van der Waals surface area contributed by atoms with Crippen molar-refractivity contribution in [1.29, 1.82) is 0 Å². The van der Waals surface area contributed by atoms with Crippen LogP contribution in [0, 0.1) is 0 Å². The monoisotopic (exact) mass is 154 g/mol. The Labute approximate surface area is 61.1 Å². The molecule has 1 aromatic rings. The van der Waals surface area contributed by atoms with E-state index in [9.17, 15) is 4.79 Å². The van der Waals surface area contributed by atoms with Crippen molar-refractivity contribution in [2.24, 2.45) is 0 Å². The largest absolute Gasteiger partial charge is 0.478 e. The molecule has 0 spiro atoms. The van der Waals surface area contributed by atoms with E-state index < -0.39 is 5.97 Å². The van der Waals surface area contributed by atoms with E-state index >= 15 is 0 Å². The highest BCUT2D eigenvalue weighted by molar-refractivity contribution is 7.27. The molecular weight excluding hydrogens is 147 g/mol. The van der Waals surface area contributed by atoms with E-state index in [1.807, 2.05) is 6.07 Å². The number of carboxylic acids is 1. The van der Waals surface area contributed by atoms with E-state index in [1.165, 1.54) is 0 Å². The molecule has 2 nitrogen and oxygen atoms in total. The van der Waals surface area contributed by atoms with Crippen LogP contribution in [0.25, 0.3) is 0 Å². The molecule has 0 radical (unpaired) electrons. The van der Waals surface area contributed by atoms with Gasteiger partial charge in [-0.2, -0.15) is 0 Å². The highest BCUT2D eigenvalue weighted by Crippen LogP contribution is 1.98. The highest BCUT2D eigenvalue weighted by Gasteiger charge is 1.99. The van der Waals surface area contributed by atoms with Crippen molar-refractivity contribution in [3.8, 4) is 0 Å². The van der Waals surface area contributed by atoms with Crippen LogP contribution < -0.4 is 5.30 Å². The van der Waals surface area contributed by atoms with Crippen LogP contribution in [0.1, 0.15) is 10.4 Å². The zero-order valence-corrected chi connectivity index (χ0v) is 6.40. The Balaban J connectivity index is 3.07. The molecule has 0 aliphatic rings. The van der Waals surface area contributed by atoms with Crippen LogP contribution >= 0.6 is 9.24 Å². The molecule has 0 bridgehead atoms. The van der Waals surface area contributed by atoms with Crippen molar-refractivity contribution in [1.82, 2.24) is 0 Å². The Hall–Kier alpha value is -0.880. The number of hydrogen-bond donors (Lipinski definition) is 1. The van der Waals surface area contributed by atoms with Crippen molar-refractivity contribution < 1.29 is 9.90 Å². The summed E-state index contributed by atoms with van der Waals surface area (Å²) in [6.45, 7) is 0. The minimum atomic E-state index is -0.885. The number of carboxylic acid groups (broad SMARTS) is 1. The Morgan fingerprint density at radius 1 is 1.50 bits per heavy atom. The topological polar surface area (TPSA) is 37.3 Å². The molecule has 0 aliphatic carbocycles. The zero-order valence-electron chi connectivity index (χ0n) is 5.24. The first kappa shape index (κ1) is 7.23. The van der Waals surface area contributed by atoms with Gasteiger partial charge >= 0.3 is 5.97 Å². The van der Waals surface area contributed by atoms with Crippen LogP contribution in [0.3, 0.4) is 0 Å². The standard InChI is InChI=1S/C7H7O2P/c8-7(9)5-2-1-3-6(10)4-5/h1-4H,10H2,(H,8,9). The third-order valence-corrected chi connectivity index (χ3v) is 1.49. The predicted molar refractivity (Wildman–Crippen MR) is 42.7 cm³/mol. The van der Waals surface area contributed by atoms with Gasteiger partial charge < -0.3 is 5.11 Å². The number of hydrogen-bond acceptors (Lipinski definition) is 1. The SMILES string of the molecule is O=C(O)c1cccc(P)c1. The lowest BCUT2D eigenvalue weighted by molar-refractivity contribution is 0.0697.